The Hall–Kier alpha value is -0.890. The molecule has 0 saturated carbocycles. The summed E-state index contributed by atoms with van der Waals surface area (Å²) < 4.78 is 0. The highest BCUT2D eigenvalue weighted by molar-refractivity contribution is 5.85. The minimum atomic E-state index is 0. The highest BCUT2D eigenvalue weighted by Crippen LogP contribution is 1.88. The fourth-order valence-corrected chi connectivity index (χ4v) is 0.448. The molecule has 0 radical (unpaired) electrons. The monoisotopic (exact) mass is 145 g/mol. The summed E-state index contributed by atoms with van der Waals surface area (Å²) in [7, 11) is 0. The van der Waals surface area contributed by atoms with Gasteiger partial charge in [-0.2, -0.15) is 0 Å². The number of halogens is 1. The molecular formula is C6H8ClNO. The lowest BCUT2D eigenvalue weighted by Crippen LogP contribution is -2.01. The summed E-state index contributed by atoms with van der Waals surface area (Å²) in [6, 6.07) is 0. The molecule has 0 atom stereocenters. The van der Waals surface area contributed by atoms with E-state index in [1.165, 1.54) is 0 Å². The maximum Gasteiger partial charge on any atom is 0.188 e. The zero-order chi connectivity index (χ0) is 5.82. The van der Waals surface area contributed by atoms with Crippen LogP contribution in [0.15, 0.2) is 36.4 Å². The van der Waals surface area contributed by atoms with Crippen molar-refractivity contribution in [3.63, 3.8) is 0 Å². The number of hydrogen-bond acceptors (Lipinski definition) is 2. The van der Waals surface area contributed by atoms with Crippen molar-refractivity contribution in [1.82, 2.24) is 5.32 Å². The Morgan fingerprint density at radius 3 is 2.78 bits per heavy atom. The van der Waals surface area contributed by atoms with E-state index < -0.39 is 0 Å². The summed E-state index contributed by atoms with van der Waals surface area (Å²) >= 11 is 0. The molecular weight excluding hydrogens is 138 g/mol. The second kappa shape index (κ2) is 4.04. The average molecular weight is 146 g/mol. The van der Waals surface area contributed by atoms with E-state index in [0.29, 0.717) is 0 Å². The third-order valence-electron chi connectivity index (χ3n) is 0.804. The second-order valence-corrected chi connectivity index (χ2v) is 1.44. The summed E-state index contributed by atoms with van der Waals surface area (Å²) in [5.41, 5.74) is 0. The van der Waals surface area contributed by atoms with Gasteiger partial charge >= 0.3 is 0 Å². The van der Waals surface area contributed by atoms with Crippen LogP contribution in [0.1, 0.15) is 0 Å². The molecule has 0 aliphatic carbocycles. The SMILES string of the molecule is Cl.OC1=CC=CC=CN1. The molecule has 0 spiro atoms. The molecule has 1 aliphatic rings. The van der Waals surface area contributed by atoms with E-state index in [4.69, 9.17) is 5.11 Å². The van der Waals surface area contributed by atoms with Gasteiger partial charge in [0.1, 0.15) is 0 Å². The van der Waals surface area contributed by atoms with Gasteiger partial charge in [-0.3, -0.25) is 0 Å². The maximum atomic E-state index is 8.74. The molecule has 0 aromatic rings. The van der Waals surface area contributed by atoms with E-state index in [0.717, 1.165) is 0 Å². The van der Waals surface area contributed by atoms with Crippen LogP contribution in [0.25, 0.3) is 0 Å². The van der Waals surface area contributed by atoms with Crippen molar-refractivity contribution < 1.29 is 5.11 Å². The second-order valence-electron chi connectivity index (χ2n) is 1.44. The summed E-state index contributed by atoms with van der Waals surface area (Å²) in [5, 5.41) is 11.4. The molecule has 3 heteroatoms. The molecule has 50 valence electrons. The van der Waals surface area contributed by atoms with Crippen molar-refractivity contribution in [3.05, 3.63) is 36.4 Å². The van der Waals surface area contributed by atoms with Gasteiger partial charge in [0.15, 0.2) is 5.88 Å². The van der Waals surface area contributed by atoms with Crippen LogP contribution in [-0.4, -0.2) is 5.11 Å². The van der Waals surface area contributed by atoms with Crippen LogP contribution in [-0.2, 0) is 0 Å². The van der Waals surface area contributed by atoms with E-state index in [1.807, 2.05) is 6.08 Å². The zero-order valence-corrected chi connectivity index (χ0v) is 5.56. The molecule has 0 aromatic carbocycles. The molecule has 0 aromatic heterocycles. The van der Waals surface area contributed by atoms with E-state index in [2.05, 4.69) is 5.32 Å². The van der Waals surface area contributed by atoms with Crippen molar-refractivity contribution in [2.75, 3.05) is 0 Å². The zero-order valence-electron chi connectivity index (χ0n) is 4.74. The molecule has 0 fully saturated rings. The Kier molecular flexibility index (Phi) is 3.64. The molecule has 9 heavy (non-hydrogen) atoms. The van der Waals surface area contributed by atoms with Gasteiger partial charge in [0.25, 0.3) is 0 Å². The number of nitrogens with one attached hydrogen (secondary N) is 1. The minimum absolute atomic E-state index is 0. The fourth-order valence-electron chi connectivity index (χ4n) is 0.448. The van der Waals surface area contributed by atoms with Gasteiger partial charge in [-0.05, 0) is 12.2 Å². The number of allylic oxidation sites excluding steroid dienone is 4. The smallest absolute Gasteiger partial charge is 0.188 e. The first-order valence-electron chi connectivity index (χ1n) is 2.38. The third kappa shape index (κ3) is 2.82. The van der Waals surface area contributed by atoms with E-state index >= 15 is 0 Å². The van der Waals surface area contributed by atoms with Gasteiger partial charge in [0.05, 0.1) is 0 Å². The molecule has 2 N–H and O–H groups in total. The van der Waals surface area contributed by atoms with Crippen LogP contribution in [0.5, 0.6) is 0 Å². The van der Waals surface area contributed by atoms with Gasteiger partial charge in [-0.1, -0.05) is 12.2 Å². The molecule has 0 amide bonds. The van der Waals surface area contributed by atoms with Crippen LogP contribution in [0, 0.1) is 0 Å². The van der Waals surface area contributed by atoms with Gasteiger partial charge < -0.3 is 10.4 Å². The van der Waals surface area contributed by atoms with Crippen LogP contribution >= 0.6 is 12.4 Å². The van der Waals surface area contributed by atoms with Crippen molar-refractivity contribution >= 4 is 12.4 Å². The van der Waals surface area contributed by atoms with Crippen molar-refractivity contribution in [1.29, 1.82) is 0 Å². The standard InChI is InChI=1S/C6H7NO.ClH/c8-6-4-2-1-3-5-7-6;/h1-5,7-8H;1H. The Balaban J connectivity index is 0.000000640. The molecule has 0 bridgehead atoms. The number of aliphatic hydroxyl groups excluding tert-OH is 1. The number of hydrogen-bond donors (Lipinski definition) is 2. The van der Waals surface area contributed by atoms with Gasteiger partial charge in [-0.15, -0.1) is 12.4 Å². The predicted octanol–water partition coefficient (Wildman–Crippen LogP) is 1.48. The first-order valence-corrected chi connectivity index (χ1v) is 2.38. The van der Waals surface area contributed by atoms with Crippen LogP contribution in [0.2, 0.25) is 0 Å². The lowest BCUT2D eigenvalue weighted by Gasteiger charge is -1.91. The number of rotatable bonds is 0. The third-order valence-corrected chi connectivity index (χ3v) is 0.804. The van der Waals surface area contributed by atoms with E-state index in [9.17, 15) is 0 Å². The Bertz CT molecular complexity index is 160. The largest absolute Gasteiger partial charge is 0.495 e. The van der Waals surface area contributed by atoms with Gasteiger partial charge in [0, 0.05) is 6.20 Å². The molecule has 0 unspecified atom stereocenters. The molecule has 1 aliphatic heterocycles. The first-order chi connectivity index (χ1) is 3.89. The molecule has 1 heterocycles. The quantitative estimate of drug-likeness (QED) is 0.541. The van der Waals surface area contributed by atoms with Crippen molar-refractivity contribution in [3.8, 4) is 0 Å². The van der Waals surface area contributed by atoms with Gasteiger partial charge in [0.2, 0.25) is 0 Å². The Morgan fingerprint density at radius 1 is 1.22 bits per heavy atom. The topological polar surface area (TPSA) is 32.3 Å². The lowest BCUT2D eigenvalue weighted by atomic mass is 10.5. The van der Waals surface area contributed by atoms with Crippen molar-refractivity contribution in [2.45, 2.75) is 0 Å². The minimum Gasteiger partial charge on any atom is -0.495 e. The highest BCUT2D eigenvalue weighted by atomic mass is 35.5. The summed E-state index contributed by atoms with van der Waals surface area (Å²) in [6.45, 7) is 0. The van der Waals surface area contributed by atoms with Crippen LogP contribution < -0.4 is 5.32 Å². The fraction of sp³-hybridized carbons (Fsp3) is 0. The average Bonchev–Trinajstić information content (AvgIpc) is 1.94. The van der Waals surface area contributed by atoms with E-state index in [-0.39, 0.29) is 18.3 Å². The molecule has 1 rings (SSSR count). The first kappa shape index (κ1) is 8.11. The van der Waals surface area contributed by atoms with E-state index in [1.54, 1.807) is 24.4 Å². The van der Waals surface area contributed by atoms with Crippen LogP contribution in [0.3, 0.4) is 0 Å². The summed E-state index contributed by atoms with van der Waals surface area (Å²) in [6.07, 6.45) is 8.64. The lowest BCUT2D eigenvalue weighted by molar-refractivity contribution is 0.383. The Labute approximate surface area is 60.0 Å². The highest BCUT2D eigenvalue weighted by Gasteiger charge is 1.83. The summed E-state index contributed by atoms with van der Waals surface area (Å²) in [4.78, 5) is 0. The summed E-state index contributed by atoms with van der Waals surface area (Å²) in [5.74, 6) is 0.176. The molecule has 2 nitrogen and oxygen atoms in total. The number of aliphatic hydroxyl groups is 1. The predicted molar refractivity (Wildman–Crippen MR) is 39.4 cm³/mol. The Morgan fingerprint density at radius 2 is 2.00 bits per heavy atom. The van der Waals surface area contributed by atoms with Gasteiger partial charge in [-0.25, -0.2) is 0 Å². The maximum absolute atomic E-state index is 8.74. The van der Waals surface area contributed by atoms with Crippen LogP contribution in [0.4, 0.5) is 0 Å². The normalized spacial score (nSPS) is 14.9. The molecule has 0 saturated heterocycles. The van der Waals surface area contributed by atoms with Crippen molar-refractivity contribution in [2.24, 2.45) is 0 Å².